The SMILES string of the molecule is COc1ccc2cc3n(c2c1)CC(C)(C(=O)NC1CCCC1)N(c1ccc(F)cc1)C3=O. The van der Waals surface area contributed by atoms with E-state index in [9.17, 15) is 14.0 Å². The van der Waals surface area contributed by atoms with Crippen molar-refractivity contribution in [3.63, 3.8) is 0 Å². The second kappa shape index (κ2) is 7.65. The fourth-order valence-electron chi connectivity index (χ4n) is 5.00. The Morgan fingerprint density at radius 2 is 1.84 bits per heavy atom. The zero-order valence-corrected chi connectivity index (χ0v) is 18.2. The van der Waals surface area contributed by atoms with Crippen LogP contribution in [0.3, 0.4) is 0 Å². The van der Waals surface area contributed by atoms with Crippen molar-refractivity contribution in [2.45, 2.75) is 50.7 Å². The largest absolute Gasteiger partial charge is 0.497 e. The number of anilines is 1. The minimum Gasteiger partial charge on any atom is -0.497 e. The van der Waals surface area contributed by atoms with Gasteiger partial charge in [0.1, 0.15) is 22.8 Å². The highest BCUT2D eigenvalue weighted by Crippen LogP contribution is 2.37. The van der Waals surface area contributed by atoms with E-state index in [1.165, 1.54) is 17.0 Å². The maximum Gasteiger partial charge on any atom is 0.275 e. The average Bonchev–Trinajstić information content (AvgIpc) is 3.42. The van der Waals surface area contributed by atoms with Gasteiger partial charge >= 0.3 is 0 Å². The number of halogens is 1. The lowest BCUT2D eigenvalue weighted by Gasteiger charge is -2.44. The highest BCUT2D eigenvalue weighted by Gasteiger charge is 2.49. The van der Waals surface area contributed by atoms with E-state index in [0.717, 1.165) is 36.6 Å². The number of benzene rings is 2. The van der Waals surface area contributed by atoms with Crippen LogP contribution in [-0.4, -0.2) is 35.1 Å². The molecule has 2 aromatic carbocycles. The van der Waals surface area contributed by atoms with Gasteiger partial charge in [-0.05, 0) is 62.2 Å². The lowest BCUT2D eigenvalue weighted by Crippen LogP contribution is -2.65. The van der Waals surface area contributed by atoms with Gasteiger partial charge in [0.15, 0.2) is 0 Å². The van der Waals surface area contributed by atoms with Gasteiger partial charge in [0, 0.05) is 23.2 Å². The van der Waals surface area contributed by atoms with Gasteiger partial charge in [-0.15, -0.1) is 0 Å². The van der Waals surface area contributed by atoms with Gasteiger partial charge in [-0.1, -0.05) is 12.8 Å². The molecule has 1 N–H and O–H groups in total. The van der Waals surface area contributed by atoms with Crippen molar-refractivity contribution in [1.82, 2.24) is 9.88 Å². The van der Waals surface area contributed by atoms with Crippen LogP contribution in [0, 0.1) is 5.82 Å². The van der Waals surface area contributed by atoms with Crippen LogP contribution in [0.2, 0.25) is 0 Å². The fourth-order valence-corrected chi connectivity index (χ4v) is 5.00. The van der Waals surface area contributed by atoms with Crippen molar-refractivity contribution in [1.29, 1.82) is 0 Å². The number of nitrogens with zero attached hydrogens (tertiary/aromatic N) is 2. The zero-order valence-electron chi connectivity index (χ0n) is 18.2. The lowest BCUT2D eigenvalue weighted by atomic mass is 9.93. The van der Waals surface area contributed by atoms with E-state index in [4.69, 9.17) is 4.74 Å². The zero-order chi connectivity index (χ0) is 22.5. The number of nitrogens with one attached hydrogen (secondary N) is 1. The molecule has 1 unspecified atom stereocenters. The summed E-state index contributed by atoms with van der Waals surface area (Å²) in [6.07, 6.45) is 4.07. The molecule has 6 nitrogen and oxygen atoms in total. The molecule has 1 saturated carbocycles. The molecule has 2 heterocycles. The number of hydrogen-bond acceptors (Lipinski definition) is 3. The Morgan fingerprint density at radius 3 is 2.53 bits per heavy atom. The molecule has 0 saturated heterocycles. The van der Waals surface area contributed by atoms with Crippen LogP contribution in [0.1, 0.15) is 43.1 Å². The van der Waals surface area contributed by atoms with E-state index in [2.05, 4.69) is 5.32 Å². The summed E-state index contributed by atoms with van der Waals surface area (Å²) in [5.41, 5.74) is 0.643. The van der Waals surface area contributed by atoms with E-state index in [0.29, 0.717) is 17.1 Å². The Hall–Kier alpha value is -3.35. The van der Waals surface area contributed by atoms with Crippen molar-refractivity contribution in [3.8, 4) is 5.75 Å². The summed E-state index contributed by atoms with van der Waals surface area (Å²) in [6.45, 7) is 2.06. The number of rotatable bonds is 4. The first-order chi connectivity index (χ1) is 15.4. The average molecular weight is 435 g/mol. The van der Waals surface area contributed by atoms with E-state index in [-0.39, 0.29) is 24.4 Å². The summed E-state index contributed by atoms with van der Waals surface area (Å²) in [5, 5.41) is 4.07. The number of fused-ring (bicyclic) bond motifs is 3. The van der Waals surface area contributed by atoms with E-state index in [1.54, 1.807) is 26.2 Å². The van der Waals surface area contributed by atoms with Crippen molar-refractivity contribution >= 4 is 28.4 Å². The smallest absolute Gasteiger partial charge is 0.275 e. The quantitative estimate of drug-likeness (QED) is 0.666. The number of ether oxygens (including phenoxy) is 1. The number of methoxy groups -OCH3 is 1. The first kappa shape index (κ1) is 20.5. The molecule has 166 valence electrons. The highest BCUT2D eigenvalue weighted by atomic mass is 19.1. The number of hydrogen-bond donors (Lipinski definition) is 1. The Balaban J connectivity index is 1.64. The van der Waals surface area contributed by atoms with Crippen LogP contribution in [-0.2, 0) is 11.3 Å². The van der Waals surface area contributed by atoms with Gasteiger partial charge in [0.25, 0.3) is 5.91 Å². The van der Waals surface area contributed by atoms with Gasteiger partial charge in [-0.3, -0.25) is 14.5 Å². The normalized spacial score (nSPS) is 21.1. The molecule has 0 radical (unpaired) electrons. The Morgan fingerprint density at radius 1 is 1.12 bits per heavy atom. The monoisotopic (exact) mass is 435 g/mol. The van der Waals surface area contributed by atoms with Crippen LogP contribution in [0.25, 0.3) is 10.9 Å². The maximum atomic E-state index is 13.8. The minimum atomic E-state index is -1.18. The van der Waals surface area contributed by atoms with Crippen LogP contribution in [0.4, 0.5) is 10.1 Å². The van der Waals surface area contributed by atoms with Gasteiger partial charge < -0.3 is 14.6 Å². The maximum absolute atomic E-state index is 13.8. The van der Waals surface area contributed by atoms with Gasteiger partial charge in [-0.25, -0.2) is 4.39 Å². The summed E-state index contributed by atoms with van der Waals surface area (Å²) in [6, 6.07) is 13.3. The van der Waals surface area contributed by atoms with Crippen molar-refractivity contribution in [2.75, 3.05) is 12.0 Å². The van der Waals surface area contributed by atoms with E-state index < -0.39 is 11.4 Å². The topological polar surface area (TPSA) is 63.6 Å². The summed E-state index contributed by atoms with van der Waals surface area (Å²) >= 11 is 0. The molecule has 32 heavy (non-hydrogen) atoms. The molecule has 1 fully saturated rings. The highest BCUT2D eigenvalue weighted by molar-refractivity contribution is 6.14. The molecule has 1 aromatic heterocycles. The van der Waals surface area contributed by atoms with Gasteiger partial charge in [0.2, 0.25) is 5.91 Å². The second-order valence-corrected chi connectivity index (χ2v) is 8.89. The molecule has 0 spiro atoms. The molecular weight excluding hydrogens is 409 g/mol. The summed E-state index contributed by atoms with van der Waals surface area (Å²) in [5.74, 6) is -0.194. The van der Waals surface area contributed by atoms with Gasteiger partial charge in [-0.2, -0.15) is 0 Å². The van der Waals surface area contributed by atoms with Gasteiger partial charge in [0.05, 0.1) is 19.2 Å². The summed E-state index contributed by atoms with van der Waals surface area (Å²) < 4.78 is 20.9. The Bertz CT molecular complexity index is 1200. The van der Waals surface area contributed by atoms with Crippen molar-refractivity contribution in [2.24, 2.45) is 0 Å². The molecule has 0 bridgehead atoms. The fraction of sp³-hybridized carbons (Fsp3) is 0.360. The van der Waals surface area contributed by atoms with Crippen molar-refractivity contribution in [3.05, 3.63) is 60.0 Å². The Labute approximate surface area is 186 Å². The molecular formula is C25H26FN3O3. The van der Waals surface area contributed by atoms with Crippen LogP contribution < -0.4 is 15.0 Å². The first-order valence-electron chi connectivity index (χ1n) is 11.0. The predicted octanol–water partition coefficient (Wildman–Crippen LogP) is 4.27. The van der Waals surface area contributed by atoms with E-state index >= 15 is 0 Å². The second-order valence-electron chi connectivity index (χ2n) is 8.89. The molecule has 1 atom stereocenters. The molecule has 1 aliphatic heterocycles. The van der Waals surface area contributed by atoms with Crippen LogP contribution >= 0.6 is 0 Å². The predicted molar refractivity (Wildman–Crippen MR) is 121 cm³/mol. The summed E-state index contributed by atoms with van der Waals surface area (Å²) in [7, 11) is 1.60. The molecule has 3 aromatic rings. The molecule has 7 heteroatoms. The summed E-state index contributed by atoms with van der Waals surface area (Å²) in [4.78, 5) is 28.9. The molecule has 2 aliphatic rings. The molecule has 5 rings (SSSR count). The molecule has 2 amide bonds. The standard InChI is InChI=1S/C25H26FN3O3/c1-25(24(31)27-18-5-3-4-6-18)15-28-21-14-20(32-2)12-7-16(21)13-22(28)23(30)29(25)19-10-8-17(26)9-11-19/h7-14,18H,3-6,15H2,1-2H3,(H,27,31). The number of carbonyl (C=O) groups excluding carboxylic acids is 2. The number of amides is 2. The third-order valence-electron chi connectivity index (χ3n) is 6.76. The van der Waals surface area contributed by atoms with Crippen molar-refractivity contribution < 1.29 is 18.7 Å². The minimum absolute atomic E-state index is 0.118. The first-order valence-corrected chi connectivity index (χ1v) is 11.0. The van der Waals surface area contributed by atoms with E-state index in [1.807, 2.05) is 28.8 Å². The van der Waals surface area contributed by atoms with Crippen LogP contribution in [0.5, 0.6) is 5.75 Å². The number of carbonyl (C=O) groups is 2. The lowest BCUT2D eigenvalue weighted by molar-refractivity contribution is -0.127. The Kier molecular flexibility index (Phi) is 4.92. The third-order valence-corrected chi connectivity index (χ3v) is 6.76. The third kappa shape index (κ3) is 3.23. The number of aromatic nitrogens is 1. The molecule has 1 aliphatic carbocycles. The van der Waals surface area contributed by atoms with Crippen LogP contribution in [0.15, 0.2) is 48.5 Å².